The monoisotopic (exact) mass is 280 g/mol. The minimum atomic E-state index is 0.113. The van der Waals surface area contributed by atoms with E-state index in [0.29, 0.717) is 11.8 Å². The van der Waals surface area contributed by atoms with Crippen LogP contribution in [-0.4, -0.2) is 29.6 Å². The van der Waals surface area contributed by atoms with Gasteiger partial charge >= 0.3 is 0 Å². The SMILES string of the molecule is CCCNc1nc(N(CC#N)CC#N)c2ccccc2n1. The molecule has 0 saturated heterocycles. The van der Waals surface area contributed by atoms with E-state index in [1.165, 1.54) is 0 Å². The summed E-state index contributed by atoms with van der Waals surface area (Å²) in [6.07, 6.45) is 0.964. The highest BCUT2D eigenvalue weighted by Crippen LogP contribution is 2.25. The highest BCUT2D eigenvalue weighted by atomic mass is 15.2. The quantitative estimate of drug-likeness (QED) is 0.817. The molecule has 0 aliphatic carbocycles. The van der Waals surface area contributed by atoms with Gasteiger partial charge in [-0.1, -0.05) is 19.1 Å². The molecule has 0 unspecified atom stereocenters. The summed E-state index contributed by atoms with van der Waals surface area (Å²) in [6, 6.07) is 11.7. The van der Waals surface area contributed by atoms with Crippen LogP contribution < -0.4 is 10.2 Å². The third-order valence-electron chi connectivity index (χ3n) is 2.94. The van der Waals surface area contributed by atoms with Gasteiger partial charge in [0.1, 0.15) is 18.9 Å². The van der Waals surface area contributed by atoms with Crippen molar-refractivity contribution in [2.24, 2.45) is 0 Å². The second-order valence-corrected chi connectivity index (χ2v) is 4.49. The summed E-state index contributed by atoms with van der Waals surface area (Å²) in [5.41, 5.74) is 0.794. The molecular formula is C15H16N6. The maximum atomic E-state index is 8.95. The number of aromatic nitrogens is 2. The second-order valence-electron chi connectivity index (χ2n) is 4.49. The number of benzene rings is 1. The van der Waals surface area contributed by atoms with Gasteiger partial charge in [-0.15, -0.1) is 0 Å². The fourth-order valence-corrected chi connectivity index (χ4v) is 1.99. The molecule has 1 N–H and O–H groups in total. The van der Waals surface area contributed by atoms with Crippen molar-refractivity contribution in [2.45, 2.75) is 13.3 Å². The fourth-order valence-electron chi connectivity index (χ4n) is 1.99. The number of nitrogens with zero attached hydrogens (tertiary/aromatic N) is 5. The van der Waals surface area contributed by atoms with E-state index in [1.54, 1.807) is 4.90 Å². The van der Waals surface area contributed by atoms with Crippen LogP contribution in [0.1, 0.15) is 13.3 Å². The summed E-state index contributed by atoms with van der Waals surface area (Å²) in [4.78, 5) is 10.6. The zero-order chi connectivity index (χ0) is 15.1. The van der Waals surface area contributed by atoms with E-state index < -0.39 is 0 Å². The molecule has 0 spiro atoms. The van der Waals surface area contributed by atoms with Crippen molar-refractivity contribution in [3.63, 3.8) is 0 Å². The lowest BCUT2D eigenvalue weighted by Gasteiger charge is -2.19. The number of para-hydroxylation sites is 1. The number of hydrogen-bond acceptors (Lipinski definition) is 6. The maximum absolute atomic E-state index is 8.95. The molecule has 0 saturated carbocycles. The average molecular weight is 280 g/mol. The largest absolute Gasteiger partial charge is 0.354 e. The molecule has 2 rings (SSSR count). The normalized spacial score (nSPS) is 9.86. The lowest BCUT2D eigenvalue weighted by Crippen LogP contribution is -2.25. The first-order valence-corrected chi connectivity index (χ1v) is 6.79. The van der Waals surface area contributed by atoms with Crippen LogP contribution in [-0.2, 0) is 0 Å². The Labute approximate surface area is 123 Å². The molecule has 1 aromatic heterocycles. The fraction of sp³-hybridized carbons (Fsp3) is 0.333. The molecule has 0 amide bonds. The first-order valence-electron chi connectivity index (χ1n) is 6.79. The van der Waals surface area contributed by atoms with Crippen molar-refractivity contribution in [1.29, 1.82) is 10.5 Å². The van der Waals surface area contributed by atoms with Crippen molar-refractivity contribution in [1.82, 2.24) is 9.97 Å². The molecule has 0 radical (unpaired) electrons. The molecule has 0 fully saturated rings. The molecule has 1 heterocycles. The third-order valence-corrected chi connectivity index (χ3v) is 2.94. The highest BCUT2D eigenvalue weighted by molar-refractivity contribution is 5.90. The number of fused-ring (bicyclic) bond motifs is 1. The predicted octanol–water partition coefficient (Wildman–Crippen LogP) is 2.31. The van der Waals surface area contributed by atoms with Crippen molar-refractivity contribution in [3.8, 4) is 12.1 Å². The lowest BCUT2D eigenvalue weighted by atomic mass is 10.2. The molecule has 106 valence electrons. The number of nitrogens with one attached hydrogen (secondary N) is 1. The molecule has 21 heavy (non-hydrogen) atoms. The van der Waals surface area contributed by atoms with E-state index >= 15 is 0 Å². The van der Waals surface area contributed by atoms with Crippen LogP contribution >= 0.6 is 0 Å². The number of anilines is 2. The van der Waals surface area contributed by atoms with E-state index in [2.05, 4.69) is 34.3 Å². The Morgan fingerprint density at radius 2 is 1.86 bits per heavy atom. The van der Waals surface area contributed by atoms with Gasteiger partial charge in [0.2, 0.25) is 5.95 Å². The molecule has 2 aromatic rings. The van der Waals surface area contributed by atoms with Crippen LogP contribution in [0.2, 0.25) is 0 Å². The van der Waals surface area contributed by atoms with Gasteiger partial charge in [0.25, 0.3) is 0 Å². The van der Waals surface area contributed by atoms with Crippen LogP contribution in [0, 0.1) is 22.7 Å². The molecular weight excluding hydrogens is 264 g/mol. The first kappa shape index (κ1) is 14.5. The molecule has 6 nitrogen and oxygen atoms in total. The van der Waals surface area contributed by atoms with E-state index in [-0.39, 0.29) is 13.1 Å². The summed E-state index contributed by atoms with van der Waals surface area (Å²) in [5, 5.41) is 21.9. The minimum absolute atomic E-state index is 0.113. The molecule has 0 aliphatic rings. The van der Waals surface area contributed by atoms with Gasteiger partial charge in [-0.3, -0.25) is 0 Å². The molecule has 0 aliphatic heterocycles. The summed E-state index contributed by atoms with van der Waals surface area (Å²) >= 11 is 0. The van der Waals surface area contributed by atoms with Crippen molar-refractivity contribution in [2.75, 3.05) is 29.9 Å². The number of hydrogen-bond donors (Lipinski definition) is 1. The van der Waals surface area contributed by atoms with E-state index in [4.69, 9.17) is 10.5 Å². The second kappa shape index (κ2) is 7.06. The Hall–Kier alpha value is -2.86. The highest BCUT2D eigenvalue weighted by Gasteiger charge is 2.14. The first-order chi connectivity index (χ1) is 10.3. The van der Waals surface area contributed by atoms with Crippen LogP contribution in [0.15, 0.2) is 24.3 Å². The van der Waals surface area contributed by atoms with Gasteiger partial charge in [0.05, 0.1) is 17.7 Å². The van der Waals surface area contributed by atoms with Crippen molar-refractivity contribution in [3.05, 3.63) is 24.3 Å². The van der Waals surface area contributed by atoms with Gasteiger partial charge in [-0.25, -0.2) is 4.98 Å². The summed E-state index contributed by atoms with van der Waals surface area (Å²) < 4.78 is 0. The Kier molecular flexibility index (Phi) is 4.89. The Balaban J connectivity index is 2.52. The molecule has 0 atom stereocenters. The topological polar surface area (TPSA) is 88.6 Å². The van der Waals surface area contributed by atoms with Crippen LogP contribution in [0.3, 0.4) is 0 Å². The molecule has 0 bridgehead atoms. The number of rotatable bonds is 6. The van der Waals surface area contributed by atoms with Crippen LogP contribution in [0.4, 0.5) is 11.8 Å². The van der Waals surface area contributed by atoms with E-state index in [9.17, 15) is 0 Å². The lowest BCUT2D eigenvalue weighted by molar-refractivity contribution is 0.921. The Bertz CT molecular complexity index is 681. The van der Waals surface area contributed by atoms with Crippen LogP contribution in [0.25, 0.3) is 10.9 Å². The smallest absolute Gasteiger partial charge is 0.225 e. The maximum Gasteiger partial charge on any atom is 0.225 e. The third kappa shape index (κ3) is 3.37. The van der Waals surface area contributed by atoms with Gasteiger partial charge < -0.3 is 10.2 Å². The standard InChI is InChI=1S/C15H16N6/c1-2-9-18-15-19-13-6-4-3-5-12(13)14(20-15)21(10-7-16)11-8-17/h3-6H,2,9-11H2,1H3,(H,18,19,20). The number of nitriles is 2. The zero-order valence-electron chi connectivity index (χ0n) is 11.9. The zero-order valence-corrected chi connectivity index (χ0v) is 11.9. The molecule has 6 heteroatoms. The van der Waals surface area contributed by atoms with Crippen molar-refractivity contribution >= 4 is 22.7 Å². The van der Waals surface area contributed by atoms with Crippen LogP contribution in [0.5, 0.6) is 0 Å². The molecule has 1 aromatic carbocycles. The Morgan fingerprint density at radius 1 is 1.14 bits per heavy atom. The van der Waals surface area contributed by atoms with Gasteiger partial charge in [0.15, 0.2) is 0 Å². The summed E-state index contributed by atoms with van der Waals surface area (Å²) in [5.74, 6) is 1.13. The van der Waals surface area contributed by atoms with Gasteiger partial charge in [-0.2, -0.15) is 15.5 Å². The minimum Gasteiger partial charge on any atom is -0.354 e. The van der Waals surface area contributed by atoms with E-state index in [0.717, 1.165) is 23.9 Å². The average Bonchev–Trinajstić information content (AvgIpc) is 2.52. The predicted molar refractivity (Wildman–Crippen MR) is 81.8 cm³/mol. The van der Waals surface area contributed by atoms with Crippen molar-refractivity contribution < 1.29 is 0 Å². The van der Waals surface area contributed by atoms with Gasteiger partial charge in [0, 0.05) is 11.9 Å². The Morgan fingerprint density at radius 3 is 2.52 bits per heavy atom. The summed E-state index contributed by atoms with van der Waals surface area (Å²) in [6.45, 7) is 3.06. The van der Waals surface area contributed by atoms with E-state index in [1.807, 2.05) is 24.3 Å². The van der Waals surface area contributed by atoms with Gasteiger partial charge in [-0.05, 0) is 18.6 Å². The summed E-state index contributed by atoms with van der Waals surface area (Å²) in [7, 11) is 0.